The smallest absolute Gasteiger partial charge is 0.143 e. The third-order valence-electron chi connectivity index (χ3n) is 8.01. The van der Waals surface area contributed by atoms with Crippen LogP contribution in [0.15, 0.2) is 136 Å². The maximum atomic E-state index is 6.53. The standard InChI is InChI=1S/C36H21NO2/c1-4-13-31-25(8-1)26-9-2-5-14-32(26)37(31)23-17-19-35-30(21-23)28-12-7-11-24(36(28)39-35)22-16-18-34-29(20-22)27-10-3-6-15-33(27)38-34/h1-21H. The SMILES string of the molecule is c1ccc2c(c1)oc1ccc(-c3cccc4c3oc3ccc(-n5c6ccccc6c6ccccc65)cc34)cc12. The Morgan fingerprint density at radius 3 is 1.85 bits per heavy atom. The highest BCUT2D eigenvalue weighted by atomic mass is 16.3. The number of aromatic nitrogens is 1. The predicted octanol–water partition coefficient (Wildman–Crippen LogP) is 10.2. The van der Waals surface area contributed by atoms with Crippen LogP contribution in [0, 0.1) is 0 Å². The first-order valence-corrected chi connectivity index (χ1v) is 13.2. The van der Waals surface area contributed by atoms with E-state index in [-0.39, 0.29) is 0 Å². The number of benzene rings is 6. The molecule has 0 amide bonds. The number of nitrogens with zero attached hydrogens (tertiary/aromatic N) is 1. The first-order chi connectivity index (χ1) is 19.3. The second-order valence-electron chi connectivity index (χ2n) is 10.1. The van der Waals surface area contributed by atoms with Crippen LogP contribution in [0.2, 0.25) is 0 Å². The van der Waals surface area contributed by atoms with E-state index in [9.17, 15) is 0 Å². The maximum Gasteiger partial charge on any atom is 0.143 e. The molecule has 3 aromatic heterocycles. The number of furan rings is 2. The Kier molecular flexibility index (Phi) is 4.05. The van der Waals surface area contributed by atoms with Crippen molar-refractivity contribution in [3.05, 3.63) is 127 Å². The zero-order valence-corrected chi connectivity index (χ0v) is 20.9. The van der Waals surface area contributed by atoms with Gasteiger partial charge in [-0.1, -0.05) is 78.9 Å². The van der Waals surface area contributed by atoms with Gasteiger partial charge < -0.3 is 13.4 Å². The molecule has 0 atom stereocenters. The molecule has 39 heavy (non-hydrogen) atoms. The molecule has 9 aromatic rings. The number of fused-ring (bicyclic) bond motifs is 9. The van der Waals surface area contributed by atoms with Crippen LogP contribution < -0.4 is 0 Å². The van der Waals surface area contributed by atoms with Crippen molar-refractivity contribution in [3.8, 4) is 16.8 Å². The summed E-state index contributed by atoms with van der Waals surface area (Å²) < 4.78 is 14.9. The molecule has 0 fully saturated rings. The Labute approximate surface area is 223 Å². The molecule has 0 radical (unpaired) electrons. The van der Waals surface area contributed by atoms with E-state index in [4.69, 9.17) is 8.83 Å². The lowest BCUT2D eigenvalue weighted by molar-refractivity contribution is 0.668. The van der Waals surface area contributed by atoms with Crippen LogP contribution in [0.25, 0.3) is 82.5 Å². The predicted molar refractivity (Wildman–Crippen MR) is 161 cm³/mol. The quantitative estimate of drug-likeness (QED) is 0.237. The minimum atomic E-state index is 0.886. The first-order valence-electron chi connectivity index (χ1n) is 13.2. The minimum Gasteiger partial charge on any atom is -0.456 e. The van der Waals surface area contributed by atoms with Gasteiger partial charge in [0.15, 0.2) is 0 Å². The lowest BCUT2D eigenvalue weighted by Crippen LogP contribution is -1.93. The van der Waals surface area contributed by atoms with Crippen molar-refractivity contribution in [2.24, 2.45) is 0 Å². The summed E-state index contributed by atoms with van der Waals surface area (Å²) in [6.45, 7) is 0. The summed E-state index contributed by atoms with van der Waals surface area (Å²) in [5, 5.41) is 6.99. The average molecular weight is 500 g/mol. The third kappa shape index (κ3) is 2.87. The van der Waals surface area contributed by atoms with Crippen LogP contribution in [-0.4, -0.2) is 4.57 Å². The summed E-state index contributed by atoms with van der Waals surface area (Å²) in [6, 6.07) is 44.8. The van der Waals surface area contributed by atoms with Gasteiger partial charge in [-0.3, -0.25) is 0 Å². The Hall–Kier alpha value is -5.28. The van der Waals surface area contributed by atoms with Crippen LogP contribution in [0.5, 0.6) is 0 Å². The van der Waals surface area contributed by atoms with Gasteiger partial charge in [0.25, 0.3) is 0 Å². The van der Waals surface area contributed by atoms with E-state index >= 15 is 0 Å². The molecule has 0 aliphatic carbocycles. The van der Waals surface area contributed by atoms with Crippen molar-refractivity contribution in [2.45, 2.75) is 0 Å². The molecule has 6 aromatic carbocycles. The van der Waals surface area contributed by atoms with Crippen molar-refractivity contribution < 1.29 is 8.83 Å². The van der Waals surface area contributed by atoms with Crippen LogP contribution in [-0.2, 0) is 0 Å². The van der Waals surface area contributed by atoms with Crippen molar-refractivity contribution >= 4 is 65.7 Å². The molecule has 0 unspecified atom stereocenters. The van der Waals surface area contributed by atoms with E-state index in [2.05, 4.69) is 120 Å². The summed E-state index contributed by atoms with van der Waals surface area (Å²) in [6.07, 6.45) is 0. The molecule has 0 saturated heterocycles. The van der Waals surface area contributed by atoms with E-state index in [1.165, 1.54) is 21.8 Å². The monoisotopic (exact) mass is 499 g/mol. The Balaban J connectivity index is 1.28. The molecule has 0 aliphatic rings. The van der Waals surface area contributed by atoms with Gasteiger partial charge in [-0.25, -0.2) is 0 Å². The topological polar surface area (TPSA) is 31.2 Å². The summed E-state index contributed by atoms with van der Waals surface area (Å²) in [4.78, 5) is 0. The third-order valence-corrected chi connectivity index (χ3v) is 8.01. The van der Waals surface area contributed by atoms with E-state index in [1.54, 1.807) is 0 Å². The molecule has 0 spiro atoms. The molecule has 0 saturated carbocycles. The van der Waals surface area contributed by atoms with Gasteiger partial charge in [-0.2, -0.15) is 0 Å². The molecule has 0 N–H and O–H groups in total. The average Bonchev–Trinajstić information content (AvgIpc) is 3.66. The van der Waals surface area contributed by atoms with Crippen LogP contribution >= 0.6 is 0 Å². The maximum absolute atomic E-state index is 6.53. The lowest BCUT2D eigenvalue weighted by atomic mass is 10.0. The summed E-state index contributed by atoms with van der Waals surface area (Å²) in [5.41, 5.74) is 9.31. The van der Waals surface area contributed by atoms with Crippen molar-refractivity contribution in [1.82, 2.24) is 4.57 Å². The Morgan fingerprint density at radius 1 is 0.410 bits per heavy atom. The molecule has 182 valence electrons. The molecular weight excluding hydrogens is 478 g/mol. The molecule has 0 aliphatic heterocycles. The summed E-state index contributed by atoms with van der Waals surface area (Å²) >= 11 is 0. The highest BCUT2D eigenvalue weighted by Gasteiger charge is 2.17. The van der Waals surface area contributed by atoms with Crippen molar-refractivity contribution in [3.63, 3.8) is 0 Å². The van der Waals surface area contributed by atoms with Gasteiger partial charge in [-0.15, -0.1) is 0 Å². The number of rotatable bonds is 2. The summed E-state index contributed by atoms with van der Waals surface area (Å²) in [5.74, 6) is 0. The van der Waals surface area contributed by atoms with Crippen molar-refractivity contribution in [2.75, 3.05) is 0 Å². The molecule has 3 heterocycles. The highest BCUT2D eigenvalue weighted by Crippen LogP contribution is 2.40. The normalized spacial score (nSPS) is 12.1. The number of hydrogen-bond acceptors (Lipinski definition) is 2. The molecule has 0 bridgehead atoms. The molecule has 3 heteroatoms. The zero-order valence-electron chi connectivity index (χ0n) is 20.9. The van der Waals surface area contributed by atoms with Crippen LogP contribution in [0.4, 0.5) is 0 Å². The van der Waals surface area contributed by atoms with E-state index in [0.717, 1.165) is 60.7 Å². The van der Waals surface area contributed by atoms with Gasteiger partial charge in [-0.05, 0) is 54.1 Å². The Bertz CT molecular complexity index is 2350. The van der Waals surface area contributed by atoms with Gasteiger partial charge in [0.1, 0.15) is 22.3 Å². The molecule has 3 nitrogen and oxygen atoms in total. The van der Waals surface area contributed by atoms with Gasteiger partial charge in [0.2, 0.25) is 0 Å². The second-order valence-corrected chi connectivity index (χ2v) is 10.1. The largest absolute Gasteiger partial charge is 0.456 e. The fraction of sp³-hybridized carbons (Fsp3) is 0. The van der Waals surface area contributed by atoms with Gasteiger partial charge >= 0.3 is 0 Å². The van der Waals surface area contributed by atoms with E-state index in [1.807, 2.05) is 12.1 Å². The number of para-hydroxylation sites is 4. The van der Waals surface area contributed by atoms with Gasteiger partial charge in [0.05, 0.1) is 11.0 Å². The fourth-order valence-corrected chi connectivity index (χ4v) is 6.25. The summed E-state index contributed by atoms with van der Waals surface area (Å²) in [7, 11) is 0. The molecule has 9 rings (SSSR count). The molecular formula is C36H21NO2. The first kappa shape index (κ1) is 20.7. The van der Waals surface area contributed by atoms with Crippen LogP contribution in [0.3, 0.4) is 0 Å². The van der Waals surface area contributed by atoms with Crippen LogP contribution in [0.1, 0.15) is 0 Å². The lowest BCUT2D eigenvalue weighted by Gasteiger charge is -2.08. The zero-order chi connectivity index (χ0) is 25.5. The second kappa shape index (κ2) is 7.62. The van der Waals surface area contributed by atoms with E-state index < -0.39 is 0 Å². The van der Waals surface area contributed by atoms with Crippen molar-refractivity contribution in [1.29, 1.82) is 0 Å². The van der Waals surface area contributed by atoms with E-state index in [0.29, 0.717) is 0 Å². The van der Waals surface area contributed by atoms with Gasteiger partial charge in [0, 0.05) is 43.6 Å². The minimum absolute atomic E-state index is 0.886. The Morgan fingerprint density at radius 2 is 1.03 bits per heavy atom. The highest BCUT2D eigenvalue weighted by molar-refractivity contribution is 6.13. The fourth-order valence-electron chi connectivity index (χ4n) is 6.25. The number of hydrogen-bond donors (Lipinski definition) is 0.